The number of carboxylic acids is 1. The van der Waals surface area contributed by atoms with E-state index in [0.717, 1.165) is 11.1 Å². The Labute approximate surface area is 192 Å². The second-order valence-electron chi connectivity index (χ2n) is 8.08. The van der Waals surface area contributed by atoms with Gasteiger partial charge in [0, 0.05) is 5.69 Å². The van der Waals surface area contributed by atoms with Crippen molar-refractivity contribution in [2.45, 2.75) is 31.5 Å². The van der Waals surface area contributed by atoms with E-state index in [0.29, 0.717) is 36.5 Å². The number of hydrogen-bond acceptors (Lipinski definition) is 5. The monoisotopic (exact) mass is 445 g/mol. The number of carbonyl (C=O) groups excluding carboxylic acids is 1. The van der Waals surface area contributed by atoms with Crippen LogP contribution in [0.15, 0.2) is 78.9 Å². The van der Waals surface area contributed by atoms with E-state index in [1.807, 2.05) is 66.7 Å². The second kappa shape index (κ2) is 10.2. The van der Waals surface area contributed by atoms with Crippen LogP contribution < -0.4 is 20.7 Å². The molecule has 4 N–H and O–H groups in total. The minimum atomic E-state index is -0.995. The first-order chi connectivity index (χ1) is 16.0. The summed E-state index contributed by atoms with van der Waals surface area (Å²) in [7, 11) is 0. The number of fused-ring (bicyclic) bond motifs is 1. The summed E-state index contributed by atoms with van der Waals surface area (Å²) in [5.41, 5.74) is 9.05. The molecule has 3 aromatic carbocycles. The molecule has 1 unspecified atom stereocenters. The molecule has 4 rings (SSSR count). The highest BCUT2D eigenvalue weighted by Gasteiger charge is 2.34. The van der Waals surface area contributed by atoms with Crippen LogP contribution in [0.5, 0.6) is 5.75 Å². The molecule has 1 aliphatic rings. The smallest absolute Gasteiger partial charge is 0.320 e. The Morgan fingerprint density at radius 1 is 1.03 bits per heavy atom. The van der Waals surface area contributed by atoms with Crippen LogP contribution in [0.3, 0.4) is 0 Å². The van der Waals surface area contributed by atoms with Crippen LogP contribution >= 0.6 is 0 Å². The quantitative estimate of drug-likeness (QED) is 0.460. The minimum absolute atomic E-state index is 0.0448. The van der Waals surface area contributed by atoms with Crippen molar-refractivity contribution in [3.8, 4) is 5.75 Å². The Bertz CT molecular complexity index is 1100. The SMILES string of the molecule is Nc1ccc(CN2C(=O)C(N[C@@H](CCc3ccccc3)C(=O)O)COc3ccccc32)cc1. The molecular weight excluding hydrogens is 418 g/mol. The molecule has 0 spiro atoms. The van der Waals surface area contributed by atoms with E-state index >= 15 is 0 Å². The number of nitrogens with one attached hydrogen (secondary N) is 1. The fourth-order valence-electron chi connectivity index (χ4n) is 3.92. The van der Waals surface area contributed by atoms with E-state index in [1.54, 1.807) is 17.0 Å². The molecular formula is C26H27N3O4. The second-order valence-corrected chi connectivity index (χ2v) is 8.08. The van der Waals surface area contributed by atoms with Gasteiger partial charge in [-0.1, -0.05) is 54.6 Å². The van der Waals surface area contributed by atoms with Crippen LogP contribution in [-0.4, -0.2) is 35.7 Å². The van der Waals surface area contributed by atoms with E-state index in [1.165, 1.54) is 0 Å². The van der Waals surface area contributed by atoms with Gasteiger partial charge in [0.1, 0.15) is 24.4 Å². The minimum Gasteiger partial charge on any atom is -0.489 e. The van der Waals surface area contributed by atoms with E-state index < -0.39 is 18.1 Å². The number of ether oxygens (including phenoxy) is 1. The number of nitrogens with two attached hydrogens (primary N) is 1. The van der Waals surface area contributed by atoms with Gasteiger partial charge in [-0.15, -0.1) is 0 Å². The van der Waals surface area contributed by atoms with Gasteiger partial charge in [0.15, 0.2) is 0 Å². The third-order valence-corrected chi connectivity index (χ3v) is 5.71. The first-order valence-electron chi connectivity index (χ1n) is 10.9. The molecule has 0 bridgehead atoms. The van der Waals surface area contributed by atoms with Crippen LogP contribution in [-0.2, 0) is 22.6 Å². The lowest BCUT2D eigenvalue weighted by Crippen LogP contribution is -2.53. The number of anilines is 2. The molecule has 1 aliphatic heterocycles. The van der Waals surface area contributed by atoms with Gasteiger partial charge in [0.25, 0.3) is 0 Å². The van der Waals surface area contributed by atoms with E-state index in [-0.39, 0.29) is 12.5 Å². The number of amides is 1. The Morgan fingerprint density at radius 2 is 1.73 bits per heavy atom. The molecule has 0 radical (unpaired) electrons. The lowest BCUT2D eigenvalue weighted by atomic mass is 10.0. The first kappa shape index (κ1) is 22.4. The van der Waals surface area contributed by atoms with Crippen molar-refractivity contribution in [3.63, 3.8) is 0 Å². The zero-order chi connectivity index (χ0) is 23.2. The van der Waals surface area contributed by atoms with Crippen molar-refractivity contribution in [2.75, 3.05) is 17.2 Å². The summed E-state index contributed by atoms with van der Waals surface area (Å²) >= 11 is 0. The molecule has 1 heterocycles. The average Bonchev–Trinajstić information content (AvgIpc) is 2.95. The van der Waals surface area contributed by atoms with Crippen LogP contribution in [0.4, 0.5) is 11.4 Å². The highest BCUT2D eigenvalue weighted by Crippen LogP contribution is 2.32. The summed E-state index contributed by atoms with van der Waals surface area (Å²) in [6, 6.07) is 22.7. The van der Waals surface area contributed by atoms with Crippen LogP contribution in [0.1, 0.15) is 17.5 Å². The Morgan fingerprint density at radius 3 is 2.45 bits per heavy atom. The normalized spacial score (nSPS) is 16.4. The predicted octanol–water partition coefficient (Wildman–Crippen LogP) is 3.24. The maximum atomic E-state index is 13.6. The van der Waals surface area contributed by atoms with E-state index in [4.69, 9.17) is 10.5 Å². The van der Waals surface area contributed by atoms with E-state index in [2.05, 4.69) is 5.32 Å². The first-order valence-corrected chi connectivity index (χ1v) is 10.9. The number of carboxylic acid groups (broad SMARTS) is 1. The van der Waals surface area contributed by atoms with Crippen molar-refractivity contribution in [2.24, 2.45) is 0 Å². The van der Waals surface area contributed by atoms with Crippen molar-refractivity contribution >= 4 is 23.3 Å². The number of aryl methyl sites for hydroxylation is 1. The molecule has 0 aromatic heterocycles. The number of aliphatic carboxylic acids is 1. The van der Waals surface area contributed by atoms with Crippen molar-refractivity contribution in [1.82, 2.24) is 5.32 Å². The van der Waals surface area contributed by atoms with Gasteiger partial charge < -0.3 is 20.5 Å². The molecule has 2 atom stereocenters. The van der Waals surface area contributed by atoms with E-state index in [9.17, 15) is 14.7 Å². The molecule has 33 heavy (non-hydrogen) atoms. The van der Waals surface area contributed by atoms with Crippen molar-refractivity contribution in [1.29, 1.82) is 0 Å². The summed E-state index contributed by atoms with van der Waals surface area (Å²) in [4.78, 5) is 27.2. The van der Waals surface area contributed by atoms with Gasteiger partial charge in [0.05, 0.1) is 12.2 Å². The lowest BCUT2D eigenvalue weighted by Gasteiger charge is -2.26. The van der Waals surface area contributed by atoms with Crippen molar-refractivity contribution in [3.05, 3.63) is 90.0 Å². The predicted molar refractivity (Wildman–Crippen MR) is 127 cm³/mol. The number of benzene rings is 3. The summed E-state index contributed by atoms with van der Waals surface area (Å²) < 4.78 is 5.92. The Balaban J connectivity index is 1.54. The molecule has 7 nitrogen and oxygen atoms in total. The number of para-hydroxylation sites is 2. The van der Waals surface area contributed by atoms with Gasteiger partial charge in [-0.3, -0.25) is 14.9 Å². The van der Waals surface area contributed by atoms with Crippen LogP contribution in [0.2, 0.25) is 0 Å². The topological polar surface area (TPSA) is 105 Å². The molecule has 7 heteroatoms. The number of hydrogen-bond donors (Lipinski definition) is 3. The fourth-order valence-corrected chi connectivity index (χ4v) is 3.92. The number of carbonyl (C=O) groups is 2. The highest BCUT2D eigenvalue weighted by molar-refractivity contribution is 5.99. The summed E-state index contributed by atoms with van der Waals surface area (Å²) in [6.45, 7) is 0.364. The molecule has 0 saturated heterocycles. The summed E-state index contributed by atoms with van der Waals surface area (Å²) in [6.07, 6.45) is 0.940. The average molecular weight is 446 g/mol. The van der Waals surface area contributed by atoms with Crippen molar-refractivity contribution < 1.29 is 19.4 Å². The summed E-state index contributed by atoms with van der Waals surface area (Å²) in [5, 5.41) is 12.8. The van der Waals surface area contributed by atoms with Crippen LogP contribution in [0.25, 0.3) is 0 Å². The van der Waals surface area contributed by atoms with Crippen LogP contribution in [0, 0.1) is 0 Å². The lowest BCUT2D eigenvalue weighted by molar-refractivity contribution is -0.140. The molecule has 170 valence electrons. The third kappa shape index (κ3) is 5.51. The molecule has 0 fully saturated rings. The molecule has 0 saturated carbocycles. The maximum Gasteiger partial charge on any atom is 0.320 e. The maximum absolute atomic E-state index is 13.6. The third-order valence-electron chi connectivity index (χ3n) is 5.71. The van der Waals surface area contributed by atoms with Gasteiger partial charge >= 0.3 is 5.97 Å². The molecule has 1 amide bonds. The Hall–Kier alpha value is -3.84. The molecule has 0 aliphatic carbocycles. The number of nitrogen functional groups attached to an aromatic ring is 1. The van der Waals surface area contributed by atoms with Gasteiger partial charge in [0.2, 0.25) is 5.91 Å². The summed E-state index contributed by atoms with van der Waals surface area (Å²) in [5.74, 6) is -0.643. The largest absolute Gasteiger partial charge is 0.489 e. The number of nitrogens with zero attached hydrogens (tertiary/aromatic N) is 1. The van der Waals surface area contributed by atoms with Gasteiger partial charge in [-0.25, -0.2) is 0 Å². The van der Waals surface area contributed by atoms with Gasteiger partial charge in [-0.05, 0) is 48.2 Å². The number of rotatable bonds is 8. The zero-order valence-electron chi connectivity index (χ0n) is 18.2. The highest BCUT2D eigenvalue weighted by atomic mass is 16.5. The van der Waals surface area contributed by atoms with Gasteiger partial charge in [-0.2, -0.15) is 0 Å². The standard InChI is InChI=1S/C26H27N3O4/c27-20-13-10-19(11-14-20)16-29-23-8-4-5-9-24(23)33-17-22(25(29)30)28-21(26(31)32)15-12-18-6-2-1-3-7-18/h1-11,13-14,21-22,28H,12,15-17,27H2,(H,31,32)/t21-,22?/m0/s1. The fraction of sp³-hybridized carbons (Fsp3) is 0.231. The zero-order valence-corrected chi connectivity index (χ0v) is 18.2. The molecule has 3 aromatic rings. The Kier molecular flexibility index (Phi) is 6.90.